The van der Waals surface area contributed by atoms with Crippen LogP contribution in [0.4, 0.5) is 5.69 Å². The predicted octanol–water partition coefficient (Wildman–Crippen LogP) is 4.25. The molecule has 7 nitrogen and oxygen atoms in total. The van der Waals surface area contributed by atoms with Gasteiger partial charge in [0.2, 0.25) is 0 Å². The van der Waals surface area contributed by atoms with Crippen molar-refractivity contribution in [1.82, 2.24) is 5.01 Å². The van der Waals surface area contributed by atoms with Crippen molar-refractivity contribution in [2.24, 2.45) is 5.10 Å². The first-order chi connectivity index (χ1) is 13.4. The molecule has 0 saturated carbocycles. The van der Waals surface area contributed by atoms with Gasteiger partial charge in [-0.05, 0) is 31.5 Å². The van der Waals surface area contributed by atoms with Gasteiger partial charge in [-0.15, -0.1) is 0 Å². The predicted molar refractivity (Wildman–Crippen MR) is 106 cm³/mol. The second-order valence-corrected chi connectivity index (χ2v) is 6.59. The summed E-state index contributed by atoms with van der Waals surface area (Å²) in [5.74, 6) is 0.689. The van der Waals surface area contributed by atoms with E-state index in [-0.39, 0.29) is 17.5 Å². The van der Waals surface area contributed by atoms with Gasteiger partial charge in [0.25, 0.3) is 5.69 Å². The van der Waals surface area contributed by atoms with E-state index >= 15 is 0 Å². The lowest BCUT2D eigenvalue weighted by molar-refractivity contribution is -0.384. The third-order valence-electron chi connectivity index (χ3n) is 4.57. The zero-order valence-corrected chi connectivity index (χ0v) is 16.0. The molecule has 144 valence electrons. The number of nitro groups is 1. The second-order valence-electron chi connectivity index (χ2n) is 6.59. The fourth-order valence-electron chi connectivity index (χ4n) is 3.25. The largest absolute Gasteiger partial charge is 0.497 e. The average molecular weight is 379 g/mol. The van der Waals surface area contributed by atoms with E-state index in [0.717, 1.165) is 17.0 Å². The van der Waals surface area contributed by atoms with Crippen molar-refractivity contribution in [2.45, 2.75) is 26.3 Å². The Morgan fingerprint density at radius 2 is 1.96 bits per heavy atom. The average Bonchev–Trinajstić information content (AvgIpc) is 3.13. The lowest BCUT2D eigenvalue weighted by Gasteiger charge is -2.24. The molecule has 1 aliphatic heterocycles. The summed E-state index contributed by atoms with van der Waals surface area (Å²) < 4.78 is 5.22. The van der Waals surface area contributed by atoms with Crippen molar-refractivity contribution in [2.75, 3.05) is 7.11 Å². The Hall–Kier alpha value is -3.48. The number of hydrazone groups is 1. The number of benzene rings is 2. The zero-order chi connectivity index (χ0) is 20.3. The van der Waals surface area contributed by atoms with Crippen LogP contribution in [0.5, 0.6) is 5.75 Å². The molecule has 0 amide bonds. The smallest absolute Gasteiger partial charge is 0.270 e. The van der Waals surface area contributed by atoms with Crippen molar-refractivity contribution < 1.29 is 14.5 Å². The maximum atomic E-state index is 11.6. The van der Waals surface area contributed by atoms with Crippen LogP contribution in [0.15, 0.2) is 65.4 Å². The van der Waals surface area contributed by atoms with Crippen molar-refractivity contribution in [1.29, 1.82) is 0 Å². The van der Waals surface area contributed by atoms with Gasteiger partial charge in [-0.25, -0.2) is 0 Å². The summed E-state index contributed by atoms with van der Waals surface area (Å²) in [5, 5.41) is 17.6. The molecule has 0 saturated heterocycles. The van der Waals surface area contributed by atoms with Crippen LogP contribution in [0, 0.1) is 10.1 Å². The number of nitro benzene ring substituents is 1. The van der Waals surface area contributed by atoms with Gasteiger partial charge in [0.05, 0.1) is 23.8 Å². The summed E-state index contributed by atoms with van der Waals surface area (Å²) in [6.07, 6.45) is 2.10. The maximum Gasteiger partial charge on any atom is 0.270 e. The molecule has 2 aromatic rings. The van der Waals surface area contributed by atoms with E-state index in [1.165, 1.54) is 25.1 Å². The lowest BCUT2D eigenvalue weighted by atomic mass is 9.98. The van der Waals surface area contributed by atoms with Crippen LogP contribution in [-0.2, 0) is 4.79 Å². The van der Waals surface area contributed by atoms with Crippen molar-refractivity contribution >= 4 is 17.2 Å². The van der Waals surface area contributed by atoms with E-state index < -0.39 is 4.92 Å². The highest BCUT2D eigenvalue weighted by atomic mass is 16.6. The summed E-state index contributed by atoms with van der Waals surface area (Å²) in [5.41, 5.74) is 3.19. The van der Waals surface area contributed by atoms with E-state index in [1.807, 2.05) is 37.3 Å². The van der Waals surface area contributed by atoms with Crippen LogP contribution in [0.3, 0.4) is 0 Å². The molecule has 0 N–H and O–H groups in total. The SMILES string of the molecule is COc1ccc([C@@H]2CC(c3cccc([N+](=O)[O-])c3)=NN2/C(C)=C/C(C)=O)cc1. The first-order valence-corrected chi connectivity index (χ1v) is 8.83. The van der Waals surface area contributed by atoms with Gasteiger partial charge in [0, 0.05) is 35.9 Å². The normalized spacial score (nSPS) is 16.7. The summed E-state index contributed by atoms with van der Waals surface area (Å²) in [4.78, 5) is 22.3. The molecule has 0 fully saturated rings. The second kappa shape index (κ2) is 8.04. The molecule has 2 aromatic carbocycles. The molecule has 0 radical (unpaired) electrons. The van der Waals surface area contributed by atoms with Gasteiger partial charge in [-0.2, -0.15) is 5.10 Å². The first kappa shape index (κ1) is 19.3. The first-order valence-electron chi connectivity index (χ1n) is 8.83. The lowest BCUT2D eigenvalue weighted by Crippen LogP contribution is -2.18. The fraction of sp³-hybridized carbons (Fsp3) is 0.238. The highest BCUT2D eigenvalue weighted by molar-refractivity contribution is 6.02. The highest BCUT2D eigenvalue weighted by Crippen LogP contribution is 2.36. The number of rotatable bonds is 6. The van der Waals surface area contributed by atoms with Crippen molar-refractivity contribution in [3.8, 4) is 5.75 Å². The third-order valence-corrected chi connectivity index (χ3v) is 4.57. The van der Waals surface area contributed by atoms with Gasteiger partial charge in [0.1, 0.15) is 5.75 Å². The van der Waals surface area contributed by atoms with Crippen molar-refractivity contribution in [3.05, 3.63) is 81.5 Å². The number of non-ortho nitro benzene ring substituents is 1. The summed E-state index contributed by atoms with van der Waals surface area (Å²) in [7, 11) is 1.61. The number of hydrogen-bond acceptors (Lipinski definition) is 6. The van der Waals surface area contributed by atoms with Crippen LogP contribution in [0.1, 0.15) is 37.4 Å². The quantitative estimate of drug-likeness (QED) is 0.426. The maximum absolute atomic E-state index is 11.6. The molecule has 0 unspecified atom stereocenters. The fourth-order valence-corrected chi connectivity index (χ4v) is 3.25. The molecule has 1 heterocycles. The van der Waals surface area contributed by atoms with E-state index in [9.17, 15) is 14.9 Å². The number of allylic oxidation sites excluding steroid dienone is 2. The Labute approximate surface area is 163 Å². The Morgan fingerprint density at radius 1 is 1.25 bits per heavy atom. The number of nitrogens with zero attached hydrogens (tertiary/aromatic N) is 3. The van der Waals surface area contributed by atoms with Crippen LogP contribution in [-0.4, -0.2) is 28.5 Å². The topological polar surface area (TPSA) is 85.0 Å². The van der Waals surface area contributed by atoms with Crippen LogP contribution < -0.4 is 4.74 Å². The number of ketones is 1. The van der Waals surface area contributed by atoms with Gasteiger partial charge in [-0.3, -0.25) is 19.9 Å². The molecule has 0 aliphatic carbocycles. The highest BCUT2D eigenvalue weighted by Gasteiger charge is 2.30. The number of ether oxygens (including phenoxy) is 1. The van der Waals surface area contributed by atoms with Gasteiger partial charge in [0.15, 0.2) is 5.78 Å². The zero-order valence-electron chi connectivity index (χ0n) is 16.0. The number of hydrogen-bond donors (Lipinski definition) is 0. The van der Waals surface area contributed by atoms with E-state index in [4.69, 9.17) is 4.74 Å². The summed E-state index contributed by atoms with van der Waals surface area (Å²) in [6.45, 7) is 3.32. The van der Waals surface area contributed by atoms with Crippen molar-refractivity contribution in [3.63, 3.8) is 0 Å². The minimum atomic E-state index is -0.418. The molecule has 1 aliphatic rings. The molecular weight excluding hydrogens is 358 g/mol. The van der Waals surface area contributed by atoms with E-state index in [2.05, 4.69) is 5.10 Å². The molecule has 3 rings (SSSR count). The van der Waals surface area contributed by atoms with E-state index in [0.29, 0.717) is 17.7 Å². The molecule has 28 heavy (non-hydrogen) atoms. The molecule has 0 aromatic heterocycles. The summed E-state index contributed by atoms with van der Waals surface area (Å²) >= 11 is 0. The Balaban J connectivity index is 2.00. The standard InChI is InChI=1S/C21H21N3O4/c1-14(11-15(2)25)23-21(16-7-9-19(28-3)10-8-16)13-20(22-23)17-5-4-6-18(12-17)24(26)27/h4-12,21H,13H2,1-3H3/b14-11+/t21-/m0/s1. The Morgan fingerprint density at radius 3 is 2.57 bits per heavy atom. The molecule has 7 heteroatoms. The van der Waals surface area contributed by atoms with Crippen LogP contribution in [0.2, 0.25) is 0 Å². The minimum Gasteiger partial charge on any atom is -0.497 e. The molecular formula is C21H21N3O4. The van der Waals surface area contributed by atoms with Gasteiger partial charge >= 0.3 is 0 Å². The number of methoxy groups -OCH3 is 1. The van der Waals surface area contributed by atoms with E-state index in [1.54, 1.807) is 18.2 Å². The third kappa shape index (κ3) is 4.09. The van der Waals surface area contributed by atoms with Crippen LogP contribution >= 0.6 is 0 Å². The Kier molecular flexibility index (Phi) is 5.54. The molecule has 1 atom stereocenters. The summed E-state index contributed by atoms with van der Waals surface area (Å²) in [6, 6.07) is 14.0. The van der Waals surface area contributed by atoms with Gasteiger partial charge in [-0.1, -0.05) is 24.3 Å². The van der Waals surface area contributed by atoms with Crippen LogP contribution in [0.25, 0.3) is 0 Å². The minimum absolute atomic E-state index is 0.0237. The number of carbonyl (C=O) groups is 1. The van der Waals surface area contributed by atoms with Gasteiger partial charge < -0.3 is 4.74 Å². The number of carbonyl (C=O) groups excluding carboxylic acids is 1. The molecule has 0 bridgehead atoms. The monoisotopic (exact) mass is 379 g/mol. The Bertz CT molecular complexity index is 964. The molecule has 0 spiro atoms.